The van der Waals surface area contributed by atoms with Crippen LogP contribution in [0.1, 0.15) is 58.9 Å². The van der Waals surface area contributed by atoms with Crippen LogP contribution >= 0.6 is 0 Å². The molecule has 0 saturated carbocycles. The first-order valence-corrected chi connectivity index (χ1v) is 7.21. The van der Waals surface area contributed by atoms with Crippen molar-refractivity contribution in [3.8, 4) is 0 Å². The molecule has 1 aromatic rings. The number of hydrogen-bond acceptors (Lipinski definition) is 4. The molecule has 0 aromatic heterocycles. The van der Waals surface area contributed by atoms with Gasteiger partial charge in [-0.15, -0.1) is 0 Å². The topological polar surface area (TPSA) is 112 Å². The molecule has 1 aliphatic heterocycles. The Hall–Kier alpha value is -2.70. The monoisotopic (exact) mass is 319 g/mol. The Morgan fingerprint density at radius 1 is 1.13 bits per heavy atom. The molecule has 1 heterocycles. The zero-order valence-corrected chi connectivity index (χ0v) is 12.8. The summed E-state index contributed by atoms with van der Waals surface area (Å²) in [5, 5.41) is 18.0. The third-order valence-corrected chi connectivity index (χ3v) is 3.83. The van der Waals surface area contributed by atoms with Gasteiger partial charge in [0.25, 0.3) is 11.8 Å². The Morgan fingerprint density at radius 2 is 1.78 bits per heavy atom. The van der Waals surface area contributed by atoms with E-state index >= 15 is 0 Å². The lowest BCUT2D eigenvalue weighted by Gasteiger charge is -2.22. The lowest BCUT2D eigenvalue weighted by molar-refractivity contribution is -0.142. The van der Waals surface area contributed by atoms with Crippen LogP contribution in [0, 0.1) is 0 Å². The number of fused-ring (bicyclic) bond motifs is 1. The van der Waals surface area contributed by atoms with Gasteiger partial charge in [-0.3, -0.25) is 19.3 Å². The lowest BCUT2D eigenvalue weighted by atomic mass is 9.94. The molecule has 0 bridgehead atoms. The van der Waals surface area contributed by atoms with E-state index < -0.39 is 36.2 Å². The van der Waals surface area contributed by atoms with Crippen LogP contribution in [0.3, 0.4) is 0 Å². The van der Waals surface area contributed by atoms with Crippen molar-refractivity contribution in [1.82, 2.24) is 4.90 Å². The first-order valence-electron chi connectivity index (χ1n) is 7.21. The smallest absolute Gasteiger partial charge is 0.326 e. The first kappa shape index (κ1) is 16.7. The fourth-order valence-corrected chi connectivity index (χ4v) is 2.72. The lowest BCUT2D eigenvalue weighted by Crippen LogP contribution is -2.45. The first-order chi connectivity index (χ1) is 10.8. The number of rotatable bonds is 6. The molecule has 1 aliphatic rings. The minimum absolute atomic E-state index is 0.0102. The van der Waals surface area contributed by atoms with Crippen LogP contribution in [-0.4, -0.2) is 44.9 Å². The van der Waals surface area contributed by atoms with Gasteiger partial charge in [-0.2, -0.15) is 0 Å². The average Bonchev–Trinajstić information content (AvgIpc) is 2.72. The van der Waals surface area contributed by atoms with E-state index in [0.29, 0.717) is 10.5 Å². The summed E-state index contributed by atoms with van der Waals surface area (Å²) in [7, 11) is 0. The zero-order chi connectivity index (χ0) is 17.3. The fourth-order valence-electron chi connectivity index (χ4n) is 2.72. The maximum absolute atomic E-state index is 12.6. The number of carbonyl (C=O) groups is 4. The summed E-state index contributed by atoms with van der Waals surface area (Å²) in [4.78, 5) is 47.9. The van der Waals surface area contributed by atoms with Crippen LogP contribution in [0.5, 0.6) is 0 Å². The molecule has 0 spiro atoms. The molecule has 1 aromatic carbocycles. The molecule has 0 fully saturated rings. The molecule has 0 saturated heterocycles. The minimum atomic E-state index is -1.49. The largest absolute Gasteiger partial charge is 0.481 e. The number of nitrogens with zero attached hydrogens (tertiary/aromatic N) is 1. The van der Waals surface area contributed by atoms with Crippen molar-refractivity contribution in [3.63, 3.8) is 0 Å². The quantitative estimate of drug-likeness (QED) is 0.772. The van der Waals surface area contributed by atoms with E-state index in [-0.39, 0.29) is 23.5 Å². The third kappa shape index (κ3) is 2.94. The standard InChI is InChI=1S/C16H17NO6/c1-8(2)9-4-3-5-10-13(9)15(21)17(14(10)20)11(16(22)23)6-7-12(18)19/h3-5,8,11H,6-7H2,1-2H3,(H,18,19)(H,22,23). The maximum Gasteiger partial charge on any atom is 0.326 e. The SMILES string of the molecule is CC(C)c1cccc2c1C(=O)N(C(CCC(=O)O)C(=O)O)C2=O. The van der Waals surface area contributed by atoms with E-state index in [1.54, 1.807) is 12.1 Å². The molecule has 2 amide bonds. The molecule has 1 unspecified atom stereocenters. The Kier molecular flexibility index (Phi) is 4.49. The molecule has 0 radical (unpaired) electrons. The molecule has 7 heteroatoms. The Morgan fingerprint density at radius 3 is 2.30 bits per heavy atom. The normalized spacial score (nSPS) is 15.0. The summed E-state index contributed by atoms with van der Waals surface area (Å²) in [6.45, 7) is 3.74. The Labute approximate surface area is 132 Å². The molecule has 1 atom stereocenters. The van der Waals surface area contributed by atoms with Crippen molar-refractivity contribution in [2.75, 3.05) is 0 Å². The highest BCUT2D eigenvalue weighted by atomic mass is 16.4. The maximum atomic E-state index is 12.6. The van der Waals surface area contributed by atoms with E-state index in [1.165, 1.54) is 6.07 Å². The summed E-state index contributed by atoms with van der Waals surface area (Å²) in [5.74, 6) is -3.95. The number of carbonyl (C=O) groups excluding carboxylic acids is 2. The van der Waals surface area contributed by atoms with Gasteiger partial charge in [-0.05, 0) is 24.0 Å². The molecule has 0 aliphatic carbocycles. The molecule has 122 valence electrons. The predicted molar refractivity (Wildman–Crippen MR) is 79.3 cm³/mol. The fraction of sp³-hybridized carbons (Fsp3) is 0.375. The van der Waals surface area contributed by atoms with Gasteiger partial charge in [0, 0.05) is 6.42 Å². The molecular weight excluding hydrogens is 302 g/mol. The molecule has 7 nitrogen and oxygen atoms in total. The van der Waals surface area contributed by atoms with Crippen LogP contribution in [0.25, 0.3) is 0 Å². The van der Waals surface area contributed by atoms with Crippen LogP contribution in [0.15, 0.2) is 18.2 Å². The second kappa shape index (κ2) is 6.20. The van der Waals surface area contributed by atoms with Gasteiger partial charge in [-0.1, -0.05) is 26.0 Å². The molecular formula is C16H17NO6. The molecule has 2 N–H and O–H groups in total. The van der Waals surface area contributed by atoms with Crippen LogP contribution in [0.2, 0.25) is 0 Å². The van der Waals surface area contributed by atoms with Crippen LogP contribution < -0.4 is 0 Å². The average molecular weight is 319 g/mol. The van der Waals surface area contributed by atoms with Crippen LogP contribution in [-0.2, 0) is 9.59 Å². The third-order valence-electron chi connectivity index (χ3n) is 3.83. The Balaban J connectivity index is 2.44. The van der Waals surface area contributed by atoms with E-state index in [2.05, 4.69) is 0 Å². The number of amides is 2. The highest BCUT2D eigenvalue weighted by Crippen LogP contribution is 2.32. The number of carboxylic acids is 2. The van der Waals surface area contributed by atoms with Crippen molar-refractivity contribution < 1.29 is 29.4 Å². The number of aliphatic carboxylic acids is 2. The van der Waals surface area contributed by atoms with Gasteiger partial charge in [0.2, 0.25) is 0 Å². The van der Waals surface area contributed by atoms with Crippen molar-refractivity contribution in [3.05, 3.63) is 34.9 Å². The summed E-state index contributed by atoms with van der Waals surface area (Å²) in [6.07, 6.45) is -0.769. The number of imide groups is 1. The minimum Gasteiger partial charge on any atom is -0.481 e. The highest BCUT2D eigenvalue weighted by molar-refractivity contribution is 6.23. The van der Waals surface area contributed by atoms with Crippen molar-refractivity contribution in [2.45, 2.75) is 38.6 Å². The zero-order valence-electron chi connectivity index (χ0n) is 12.8. The summed E-state index contributed by atoms with van der Waals surface area (Å²) in [6, 6.07) is 3.37. The second-order valence-corrected chi connectivity index (χ2v) is 5.69. The number of carboxylic acid groups (broad SMARTS) is 2. The number of hydrogen-bond donors (Lipinski definition) is 2. The number of benzene rings is 1. The summed E-state index contributed by atoms with van der Waals surface area (Å²) >= 11 is 0. The van der Waals surface area contributed by atoms with Crippen molar-refractivity contribution in [2.24, 2.45) is 0 Å². The predicted octanol–water partition coefficient (Wildman–Crippen LogP) is 1.72. The summed E-state index contributed by atoms with van der Waals surface area (Å²) < 4.78 is 0. The van der Waals surface area contributed by atoms with Gasteiger partial charge < -0.3 is 10.2 Å². The van der Waals surface area contributed by atoms with E-state index in [1.807, 2.05) is 13.8 Å². The molecule has 23 heavy (non-hydrogen) atoms. The van der Waals surface area contributed by atoms with E-state index in [9.17, 15) is 24.3 Å². The van der Waals surface area contributed by atoms with Gasteiger partial charge in [-0.25, -0.2) is 4.79 Å². The Bertz CT molecular complexity index is 694. The van der Waals surface area contributed by atoms with E-state index in [0.717, 1.165) is 0 Å². The van der Waals surface area contributed by atoms with Gasteiger partial charge in [0.1, 0.15) is 6.04 Å². The van der Waals surface area contributed by atoms with Crippen LogP contribution in [0.4, 0.5) is 0 Å². The second-order valence-electron chi connectivity index (χ2n) is 5.69. The highest BCUT2D eigenvalue weighted by Gasteiger charge is 2.44. The van der Waals surface area contributed by atoms with E-state index in [4.69, 9.17) is 5.11 Å². The van der Waals surface area contributed by atoms with Gasteiger partial charge >= 0.3 is 11.9 Å². The van der Waals surface area contributed by atoms with Gasteiger partial charge in [0.05, 0.1) is 11.1 Å². The van der Waals surface area contributed by atoms with Gasteiger partial charge in [0.15, 0.2) is 0 Å². The molecule has 2 rings (SSSR count). The van der Waals surface area contributed by atoms with Crippen molar-refractivity contribution >= 4 is 23.8 Å². The van der Waals surface area contributed by atoms with Crippen molar-refractivity contribution in [1.29, 1.82) is 0 Å². The summed E-state index contributed by atoms with van der Waals surface area (Å²) in [5.41, 5.74) is 1.06.